The summed E-state index contributed by atoms with van der Waals surface area (Å²) in [7, 11) is 1.67. The van der Waals surface area contributed by atoms with Crippen LogP contribution in [0.15, 0.2) is 6.20 Å². The van der Waals surface area contributed by atoms with Crippen LogP contribution in [0.4, 0.5) is 0 Å². The molecule has 0 aromatic carbocycles. The Labute approximate surface area is 59.8 Å². The van der Waals surface area contributed by atoms with E-state index in [0.717, 1.165) is 12.2 Å². The van der Waals surface area contributed by atoms with E-state index in [-0.39, 0.29) is 0 Å². The third kappa shape index (κ3) is 1.54. The lowest BCUT2D eigenvalue weighted by Crippen LogP contribution is -2.07. The zero-order valence-electron chi connectivity index (χ0n) is 6.24. The van der Waals surface area contributed by atoms with E-state index >= 15 is 0 Å². The number of aromatic nitrogens is 3. The van der Waals surface area contributed by atoms with Crippen LogP contribution < -0.4 is 0 Å². The van der Waals surface area contributed by atoms with Crippen molar-refractivity contribution in [2.45, 2.75) is 13.5 Å². The number of methoxy groups -OCH3 is 1. The molecule has 0 saturated heterocycles. The maximum absolute atomic E-state index is 4.88. The van der Waals surface area contributed by atoms with Crippen LogP contribution in [0.5, 0.6) is 0 Å². The van der Waals surface area contributed by atoms with Crippen molar-refractivity contribution in [1.82, 2.24) is 15.0 Å². The molecule has 0 aliphatic rings. The number of aryl methyl sites for hydroxylation is 1. The van der Waals surface area contributed by atoms with Crippen molar-refractivity contribution in [3.05, 3.63) is 11.9 Å². The Bertz CT molecular complexity index is 197. The molecule has 0 spiro atoms. The molecule has 0 N–H and O–H groups in total. The van der Waals surface area contributed by atoms with Crippen molar-refractivity contribution in [2.75, 3.05) is 13.7 Å². The lowest BCUT2D eigenvalue weighted by atomic mass is 10.5. The molecule has 1 aromatic heterocycles. The van der Waals surface area contributed by atoms with Crippen LogP contribution in [0.1, 0.15) is 5.69 Å². The maximum atomic E-state index is 4.88. The molecule has 0 unspecified atom stereocenters. The molecule has 1 rings (SSSR count). The number of rotatable bonds is 3. The van der Waals surface area contributed by atoms with Crippen molar-refractivity contribution >= 4 is 0 Å². The Kier molecular flexibility index (Phi) is 2.39. The summed E-state index contributed by atoms with van der Waals surface area (Å²) < 4.78 is 6.69. The van der Waals surface area contributed by atoms with Gasteiger partial charge in [-0.3, -0.25) is 0 Å². The van der Waals surface area contributed by atoms with Gasteiger partial charge in [-0.15, -0.1) is 5.10 Å². The Morgan fingerprint density at radius 3 is 3.00 bits per heavy atom. The quantitative estimate of drug-likeness (QED) is 0.605. The van der Waals surface area contributed by atoms with E-state index in [0.29, 0.717) is 6.61 Å². The minimum atomic E-state index is 0.685. The Hall–Kier alpha value is -0.900. The highest BCUT2D eigenvalue weighted by molar-refractivity contribution is 4.87. The molecule has 1 aromatic rings. The fraction of sp³-hybridized carbons (Fsp3) is 0.667. The molecular formula is C6H11N3O. The highest BCUT2D eigenvalue weighted by atomic mass is 16.5. The van der Waals surface area contributed by atoms with E-state index in [1.807, 2.05) is 11.6 Å². The molecule has 0 amide bonds. The van der Waals surface area contributed by atoms with Gasteiger partial charge in [0.2, 0.25) is 0 Å². The summed E-state index contributed by atoms with van der Waals surface area (Å²) in [5, 5.41) is 7.57. The molecule has 0 radical (unpaired) electrons. The SMILES string of the molecule is COCCn1nncc1C. The summed E-state index contributed by atoms with van der Waals surface area (Å²) in [6.07, 6.45) is 1.73. The molecule has 56 valence electrons. The predicted molar refractivity (Wildman–Crippen MR) is 36.6 cm³/mol. The van der Waals surface area contributed by atoms with Crippen LogP contribution in [0, 0.1) is 6.92 Å². The average Bonchev–Trinajstić information content (AvgIpc) is 2.31. The predicted octanol–water partition coefficient (Wildman–Crippen LogP) is 0.233. The minimum absolute atomic E-state index is 0.685. The fourth-order valence-corrected chi connectivity index (χ4v) is 0.708. The van der Waals surface area contributed by atoms with Crippen LogP contribution >= 0.6 is 0 Å². The third-order valence-electron chi connectivity index (χ3n) is 1.32. The molecule has 4 heteroatoms. The molecule has 0 saturated carbocycles. The summed E-state index contributed by atoms with van der Waals surface area (Å²) in [6, 6.07) is 0. The molecule has 0 aliphatic carbocycles. The number of hydrogen-bond acceptors (Lipinski definition) is 3. The largest absolute Gasteiger partial charge is 0.383 e. The Morgan fingerprint density at radius 2 is 2.50 bits per heavy atom. The molecule has 10 heavy (non-hydrogen) atoms. The molecule has 0 atom stereocenters. The van der Waals surface area contributed by atoms with Crippen molar-refractivity contribution in [2.24, 2.45) is 0 Å². The first kappa shape index (κ1) is 7.21. The second-order valence-electron chi connectivity index (χ2n) is 2.09. The van der Waals surface area contributed by atoms with Gasteiger partial charge in [0.15, 0.2) is 0 Å². The van der Waals surface area contributed by atoms with E-state index in [4.69, 9.17) is 4.74 Å². The lowest BCUT2D eigenvalue weighted by molar-refractivity contribution is 0.182. The summed E-state index contributed by atoms with van der Waals surface area (Å²) >= 11 is 0. The smallest absolute Gasteiger partial charge is 0.0722 e. The van der Waals surface area contributed by atoms with Gasteiger partial charge in [-0.2, -0.15) is 0 Å². The van der Waals surface area contributed by atoms with Crippen LogP contribution in [-0.2, 0) is 11.3 Å². The lowest BCUT2D eigenvalue weighted by Gasteiger charge is -1.99. The molecule has 4 nitrogen and oxygen atoms in total. The normalized spacial score (nSPS) is 10.2. The van der Waals surface area contributed by atoms with Crippen LogP contribution in [0.3, 0.4) is 0 Å². The first-order valence-corrected chi connectivity index (χ1v) is 3.18. The van der Waals surface area contributed by atoms with E-state index in [9.17, 15) is 0 Å². The molecule has 0 fully saturated rings. The van der Waals surface area contributed by atoms with E-state index in [2.05, 4.69) is 10.3 Å². The van der Waals surface area contributed by atoms with Crippen molar-refractivity contribution in [3.8, 4) is 0 Å². The van der Waals surface area contributed by atoms with Gasteiger partial charge in [-0.05, 0) is 6.92 Å². The van der Waals surface area contributed by atoms with E-state index in [1.54, 1.807) is 13.3 Å². The molecule has 1 heterocycles. The van der Waals surface area contributed by atoms with Gasteiger partial charge >= 0.3 is 0 Å². The van der Waals surface area contributed by atoms with Crippen LogP contribution in [-0.4, -0.2) is 28.7 Å². The van der Waals surface area contributed by atoms with E-state index < -0.39 is 0 Å². The summed E-state index contributed by atoms with van der Waals surface area (Å²) in [5.41, 5.74) is 1.07. The first-order chi connectivity index (χ1) is 4.84. The standard InChI is InChI=1S/C6H11N3O/c1-6-5-7-8-9(6)3-4-10-2/h5H,3-4H2,1-2H3. The monoisotopic (exact) mass is 141 g/mol. The molecule has 0 aliphatic heterocycles. The summed E-state index contributed by atoms with van der Waals surface area (Å²) in [6.45, 7) is 3.43. The third-order valence-corrected chi connectivity index (χ3v) is 1.32. The summed E-state index contributed by atoms with van der Waals surface area (Å²) in [5.74, 6) is 0. The second kappa shape index (κ2) is 3.31. The summed E-state index contributed by atoms with van der Waals surface area (Å²) in [4.78, 5) is 0. The van der Waals surface area contributed by atoms with Gasteiger partial charge in [0.25, 0.3) is 0 Å². The molecular weight excluding hydrogens is 130 g/mol. The Balaban J connectivity index is 2.49. The average molecular weight is 141 g/mol. The van der Waals surface area contributed by atoms with Gasteiger partial charge in [0, 0.05) is 7.11 Å². The van der Waals surface area contributed by atoms with Gasteiger partial charge < -0.3 is 4.74 Å². The van der Waals surface area contributed by atoms with Gasteiger partial charge in [0.05, 0.1) is 25.0 Å². The van der Waals surface area contributed by atoms with Crippen molar-refractivity contribution in [1.29, 1.82) is 0 Å². The molecule has 0 bridgehead atoms. The first-order valence-electron chi connectivity index (χ1n) is 3.18. The van der Waals surface area contributed by atoms with Crippen LogP contribution in [0.2, 0.25) is 0 Å². The van der Waals surface area contributed by atoms with Gasteiger partial charge in [-0.1, -0.05) is 5.21 Å². The fourth-order valence-electron chi connectivity index (χ4n) is 0.708. The zero-order chi connectivity index (χ0) is 7.40. The number of ether oxygens (including phenoxy) is 1. The second-order valence-corrected chi connectivity index (χ2v) is 2.09. The highest BCUT2D eigenvalue weighted by Crippen LogP contribution is 1.91. The Morgan fingerprint density at radius 1 is 1.70 bits per heavy atom. The van der Waals surface area contributed by atoms with Gasteiger partial charge in [0.1, 0.15) is 0 Å². The van der Waals surface area contributed by atoms with Crippen molar-refractivity contribution in [3.63, 3.8) is 0 Å². The van der Waals surface area contributed by atoms with Crippen molar-refractivity contribution < 1.29 is 4.74 Å². The number of hydrogen-bond donors (Lipinski definition) is 0. The topological polar surface area (TPSA) is 39.9 Å². The maximum Gasteiger partial charge on any atom is 0.0722 e. The highest BCUT2D eigenvalue weighted by Gasteiger charge is 1.95. The van der Waals surface area contributed by atoms with Crippen LogP contribution in [0.25, 0.3) is 0 Å². The zero-order valence-corrected chi connectivity index (χ0v) is 6.24. The van der Waals surface area contributed by atoms with E-state index in [1.165, 1.54) is 0 Å². The minimum Gasteiger partial charge on any atom is -0.383 e. The number of nitrogens with zero attached hydrogens (tertiary/aromatic N) is 3. The van der Waals surface area contributed by atoms with Gasteiger partial charge in [-0.25, -0.2) is 4.68 Å².